The van der Waals surface area contributed by atoms with Gasteiger partial charge >= 0.3 is 0 Å². The second-order valence-electron chi connectivity index (χ2n) is 8.14. The Hall–Kier alpha value is -2.68. The number of H-pyrrole nitrogens is 1. The van der Waals surface area contributed by atoms with E-state index in [1.807, 2.05) is 24.3 Å². The van der Waals surface area contributed by atoms with Gasteiger partial charge in [0.15, 0.2) is 11.8 Å². The Kier molecular flexibility index (Phi) is 4.59. The van der Waals surface area contributed by atoms with E-state index >= 15 is 0 Å². The molecule has 160 valence electrons. The third-order valence-electron chi connectivity index (χ3n) is 6.22. The summed E-state index contributed by atoms with van der Waals surface area (Å²) in [6.45, 7) is 1.90. The van der Waals surface area contributed by atoms with E-state index in [-0.39, 0.29) is 30.1 Å². The lowest BCUT2D eigenvalue weighted by Gasteiger charge is -2.15. The largest absolute Gasteiger partial charge is 0.456 e. The van der Waals surface area contributed by atoms with Crippen LogP contribution in [0.4, 0.5) is 0 Å². The summed E-state index contributed by atoms with van der Waals surface area (Å²) in [7, 11) is 0. The van der Waals surface area contributed by atoms with Gasteiger partial charge in [0.25, 0.3) is 6.01 Å². The van der Waals surface area contributed by atoms with Crippen LogP contribution < -0.4 is 10.1 Å². The van der Waals surface area contributed by atoms with Crippen LogP contribution in [-0.2, 0) is 14.3 Å². The van der Waals surface area contributed by atoms with Crippen molar-refractivity contribution in [1.29, 1.82) is 0 Å². The quantitative estimate of drug-likeness (QED) is 0.647. The minimum Gasteiger partial charge on any atom is -0.456 e. The first-order valence-corrected chi connectivity index (χ1v) is 10.9. The molecule has 0 bridgehead atoms. The number of pyridine rings is 1. The zero-order valence-electron chi connectivity index (χ0n) is 16.6. The molecule has 31 heavy (non-hydrogen) atoms. The van der Waals surface area contributed by atoms with Gasteiger partial charge in [0.05, 0.1) is 34.9 Å². The maximum absolute atomic E-state index is 11.9. The maximum Gasteiger partial charge on any atom is 0.296 e. The molecule has 4 unspecified atom stereocenters. The highest BCUT2D eigenvalue weighted by atomic mass is 35.5. The minimum atomic E-state index is -0.191. The van der Waals surface area contributed by atoms with Crippen molar-refractivity contribution in [3.05, 3.63) is 40.9 Å². The van der Waals surface area contributed by atoms with Crippen molar-refractivity contribution in [2.45, 2.75) is 37.1 Å². The number of benzene rings is 1. The van der Waals surface area contributed by atoms with Gasteiger partial charge in [-0.05, 0) is 24.5 Å². The molecule has 1 aromatic carbocycles. The molecule has 6 rings (SSSR count). The molecule has 3 aliphatic heterocycles. The number of amides is 1. The van der Waals surface area contributed by atoms with Gasteiger partial charge in [0.1, 0.15) is 6.10 Å². The van der Waals surface area contributed by atoms with Gasteiger partial charge in [-0.15, -0.1) is 0 Å². The van der Waals surface area contributed by atoms with Gasteiger partial charge in [-0.25, -0.2) is 4.98 Å². The lowest BCUT2D eigenvalue weighted by atomic mass is 9.96. The monoisotopic (exact) mass is 440 g/mol. The van der Waals surface area contributed by atoms with Crippen LogP contribution in [0, 0.1) is 0 Å². The Balaban J connectivity index is 1.26. The van der Waals surface area contributed by atoms with E-state index in [0.29, 0.717) is 41.1 Å². The highest BCUT2D eigenvalue weighted by Gasteiger charge is 2.43. The summed E-state index contributed by atoms with van der Waals surface area (Å²) in [6, 6.07) is 9.99. The number of imidazole rings is 1. The number of ether oxygens (including phenoxy) is 3. The van der Waals surface area contributed by atoms with Crippen molar-refractivity contribution in [1.82, 2.24) is 20.3 Å². The van der Waals surface area contributed by atoms with Crippen molar-refractivity contribution in [3.63, 3.8) is 0 Å². The average molecular weight is 441 g/mol. The van der Waals surface area contributed by atoms with Crippen LogP contribution in [0.5, 0.6) is 6.01 Å². The van der Waals surface area contributed by atoms with E-state index in [2.05, 4.69) is 20.3 Å². The molecule has 0 radical (unpaired) electrons. The predicted octanol–water partition coefficient (Wildman–Crippen LogP) is 2.82. The lowest BCUT2D eigenvalue weighted by molar-refractivity contribution is -0.120. The standard InChI is InChI=1S/C22H21ClN4O4/c23-14-9-15-20(27-22(25-15)31-17-10-30-16-6-8-29-19(16)17)26-18(14)12-3-1-11(2-4-12)13-5-7-24-21(13)28/h1-4,9,13,16-17,19H,5-8,10H2,(H,24,28)(H,25,26,27). The number of halogens is 1. The van der Waals surface area contributed by atoms with Gasteiger partial charge in [0.2, 0.25) is 5.91 Å². The smallest absolute Gasteiger partial charge is 0.296 e. The molecular formula is C22H21ClN4O4. The van der Waals surface area contributed by atoms with Crippen LogP contribution in [0.3, 0.4) is 0 Å². The zero-order valence-corrected chi connectivity index (χ0v) is 17.4. The second-order valence-corrected chi connectivity index (χ2v) is 8.55. The first-order chi connectivity index (χ1) is 15.2. The Morgan fingerprint density at radius 2 is 2.00 bits per heavy atom. The van der Waals surface area contributed by atoms with E-state index in [1.54, 1.807) is 6.07 Å². The number of rotatable bonds is 4. The maximum atomic E-state index is 11.9. The van der Waals surface area contributed by atoms with Crippen molar-refractivity contribution in [2.24, 2.45) is 0 Å². The number of nitrogens with zero attached hydrogens (tertiary/aromatic N) is 2. The van der Waals surface area contributed by atoms with E-state index in [9.17, 15) is 4.79 Å². The average Bonchev–Trinajstić information content (AvgIpc) is 3.54. The Morgan fingerprint density at radius 1 is 1.13 bits per heavy atom. The van der Waals surface area contributed by atoms with E-state index in [0.717, 1.165) is 30.5 Å². The molecule has 3 saturated heterocycles. The number of carbonyl (C=O) groups excluding carboxylic acids is 1. The molecule has 4 atom stereocenters. The Morgan fingerprint density at radius 3 is 2.81 bits per heavy atom. The molecule has 3 aliphatic rings. The fourth-order valence-corrected chi connectivity index (χ4v) is 4.87. The first kappa shape index (κ1) is 19.0. The number of hydrogen-bond donors (Lipinski definition) is 2. The summed E-state index contributed by atoms with van der Waals surface area (Å²) in [4.78, 5) is 24.2. The van der Waals surface area contributed by atoms with Gasteiger partial charge in [-0.1, -0.05) is 35.9 Å². The summed E-state index contributed by atoms with van der Waals surface area (Å²) in [6.07, 6.45) is 1.57. The van der Waals surface area contributed by atoms with Crippen molar-refractivity contribution >= 4 is 28.7 Å². The number of aromatic nitrogens is 3. The van der Waals surface area contributed by atoms with Crippen LogP contribution in [0.2, 0.25) is 5.02 Å². The van der Waals surface area contributed by atoms with Gasteiger partial charge < -0.3 is 24.5 Å². The molecule has 1 amide bonds. The summed E-state index contributed by atoms with van der Waals surface area (Å²) in [5, 5.41) is 3.38. The molecule has 9 heteroatoms. The summed E-state index contributed by atoms with van der Waals surface area (Å²) >= 11 is 6.53. The van der Waals surface area contributed by atoms with Crippen LogP contribution in [-0.4, -0.2) is 58.9 Å². The van der Waals surface area contributed by atoms with E-state index < -0.39 is 0 Å². The molecule has 8 nitrogen and oxygen atoms in total. The summed E-state index contributed by atoms with van der Waals surface area (Å²) < 4.78 is 17.5. The Labute approximate surface area is 183 Å². The molecule has 3 fully saturated rings. The molecular weight excluding hydrogens is 420 g/mol. The van der Waals surface area contributed by atoms with Gasteiger partial charge in [-0.2, -0.15) is 4.98 Å². The predicted molar refractivity (Wildman–Crippen MR) is 113 cm³/mol. The number of nitrogens with one attached hydrogen (secondary N) is 2. The van der Waals surface area contributed by atoms with Crippen molar-refractivity contribution in [2.75, 3.05) is 19.8 Å². The lowest BCUT2D eigenvalue weighted by Crippen LogP contribution is -2.32. The van der Waals surface area contributed by atoms with Crippen molar-refractivity contribution < 1.29 is 19.0 Å². The number of fused-ring (bicyclic) bond motifs is 2. The van der Waals surface area contributed by atoms with Crippen LogP contribution in [0.1, 0.15) is 24.3 Å². The topological polar surface area (TPSA) is 98.4 Å². The van der Waals surface area contributed by atoms with Gasteiger partial charge in [0, 0.05) is 18.7 Å². The Bertz CT molecular complexity index is 1150. The van der Waals surface area contributed by atoms with E-state index in [1.165, 1.54) is 0 Å². The normalized spacial score (nSPS) is 27.6. The SMILES string of the molecule is O=C1NCCC1c1ccc(-c2nc3nc(OC4COC5CCOC54)[nH]c3cc2Cl)cc1. The molecule has 5 heterocycles. The minimum absolute atomic E-state index is 0.0548. The first-order valence-electron chi connectivity index (χ1n) is 10.5. The third-order valence-corrected chi connectivity index (χ3v) is 6.51. The van der Waals surface area contributed by atoms with E-state index in [4.69, 9.17) is 25.8 Å². The molecule has 2 aromatic heterocycles. The van der Waals surface area contributed by atoms with Crippen LogP contribution in [0.25, 0.3) is 22.4 Å². The van der Waals surface area contributed by atoms with Crippen molar-refractivity contribution in [3.8, 4) is 17.3 Å². The second kappa shape index (κ2) is 7.47. The summed E-state index contributed by atoms with van der Waals surface area (Å²) in [5.74, 6) is -0.00890. The van der Waals surface area contributed by atoms with Gasteiger partial charge in [-0.3, -0.25) is 4.79 Å². The number of hydrogen-bond acceptors (Lipinski definition) is 6. The fraction of sp³-hybridized carbons (Fsp3) is 0.409. The van der Waals surface area contributed by atoms with Crippen LogP contribution >= 0.6 is 11.6 Å². The molecule has 0 saturated carbocycles. The molecule has 0 aliphatic carbocycles. The third kappa shape index (κ3) is 3.35. The number of aromatic amines is 1. The molecule has 0 spiro atoms. The summed E-state index contributed by atoms with van der Waals surface area (Å²) in [5.41, 5.74) is 3.73. The fourth-order valence-electron chi connectivity index (χ4n) is 4.61. The zero-order chi connectivity index (χ0) is 20.9. The highest BCUT2D eigenvalue weighted by Crippen LogP contribution is 2.33. The highest BCUT2D eigenvalue weighted by molar-refractivity contribution is 6.33. The number of carbonyl (C=O) groups is 1. The van der Waals surface area contributed by atoms with Crippen LogP contribution in [0.15, 0.2) is 30.3 Å². The molecule has 3 aromatic rings. The molecule has 2 N–H and O–H groups in total.